The van der Waals surface area contributed by atoms with Crippen molar-refractivity contribution in [1.29, 1.82) is 0 Å². The van der Waals surface area contributed by atoms with Crippen LogP contribution < -0.4 is 5.73 Å². The molecule has 0 amide bonds. The minimum absolute atomic E-state index is 0.0156. The van der Waals surface area contributed by atoms with Gasteiger partial charge in [-0.25, -0.2) is 4.98 Å². The highest BCUT2D eigenvalue weighted by atomic mass is 32.1. The van der Waals surface area contributed by atoms with Crippen LogP contribution in [0.2, 0.25) is 0 Å². The van der Waals surface area contributed by atoms with Gasteiger partial charge in [0, 0.05) is 0 Å². The SMILES string of the molecule is Cc1nc(C)c(C(=O)C(C)N)s1. The maximum Gasteiger partial charge on any atom is 0.191 e. The van der Waals surface area contributed by atoms with Gasteiger partial charge in [0.25, 0.3) is 0 Å². The molecule has 2 N–H and O–H groups in total. The van der Waals surface area contributed by atoms with E-state index in [-0.39, 0.29) is 5.78 Å². The van der Waals surface area contributed by atoms with Crippen molar-refractivity contribution < 1.29 is 4.79 Å². The van der Waals surface area contributed by atoms with E-state index < -0.39 is 6.04 Å². The molecular formula is C8H12N2OS. The van der Waals surface area contributed by atoms with Crippen molar-refractivity contribution in [3.63, 3.8) is 0 Å². The summed E-state index contributed by atoms with van der Waals surface area (Å²) in [6.45, 7) is 5.41. The summed E-state index contributed by atoms with van der Waals surface area (Å²) in [5, 5.41) is 0.913. The van der Waals surface area contributed by atoms with Crippen LogP contribution in [0, 0.1) is 13.8 Å². The molecule has 0 aliphatic rings. The molecule has 1 aromatic heterocycles. The Labute approximate surface area is 75.6 Å². The zero-order valence-electron chi connectivity index (χ0n) is 7.42. The highest BCUT2D eigenvalue weighted by Crippen LogP contribution is 2.18. The number of nitrogens with two attached hydrogens (primary N) is 1. The summed E-state index contributed by atoms with van der Waals surface area (Å²) in [5.41, 5.74) is 6.27. The average Bonchev–Trinajstić information content (AvgIpc) is 2.28. The molecule has 0 saturated heterocycles. The fraction of sp³-hybridized carbons (Fsp3) is 0.500. The fourth-order valence-corrected chi connectivity index (χ4v) is 1.92. The quantitative estimate of drug-likeness (QED) is 0.705. The highest BCUT2D eigenvalue weighted by Gasteiger charge is 2.16. The van der Waals surface area contributed by atoms with Crippen molar-refractivity contribution in [1.82, 2.24) is 4.98 Å². The first-order chi connectivity index (χ1) is 5.52. The number of Topliss-reactive ketones (excluding diaryl/α,β-unsaturated/α-hetero) is 1. The second-order valence-corrected chi connectivity index (χ2v) is 4.00. The van der Waals surface area contributed by atoms with Gasteiger partial charge < -0.3 is 5.73 Å². The molecule has 1 rings (SSSR count). The molecule has 0 saturated carbocycles. The van der Waals surface area contributed by atoms with Gasteiger partial charge >= 0.3 is 0 Å². The van der Waals surface area contributed by atoms with Gasteiger partial charge in [-0.05, 0) is 20.8 Å². The molecule has 1 heterocycles. The largest absolute Gasteiger partial charge is 0.321 e. The van der Waals surface area contributed by atoms with Crippen LogP contribution in [0.1, 0.15) is 27.3 Å². The molecule has 1 atom stereocenters. The summed E-state index contributed by atoms with van der Waals surface area (Å²) in [6.07, 6.45) is 0. The second kappa shape index (κ2) is 3.33. The van der Waals surface area contributed by atoms with Crippen LogP contribution in [0.4, 0.5) is 0 Å². The van der Waals surface area contributed by atoms with Crippen molar-refractivity contribution in [3.8, 4) is 0 Å². The van der Waals surface area contributed by atoms with Crippen LogP contribution in [0.5, 0.6) is 0 Å². The van der Waals surface area contributed by atoms with Gasteiger partial charge in [0.05, 0.1) is 21.6 Å². The number of aryl methyl sites for hydroxylation is 2. The van der Waals surface area contributed by atoms with E-state index in [1.165, 1.54) is 11.3 Å². The number of carbonyl (C=O) groups excluding carboxylic acids is 1. The molecule has 66 valence electrons. The molecule has 1 aromatic rings. The van der Waals surface area contributed by atoms with Crippen LogP contribution in [-0.4, -0.2) is 16.8 Å². The lowest BCUT2D eigenvalue weighted by Gasteiger charge is -2.00. The third-order valence-corrected chi connectivity index (χ3v) is 2.63. The monoisotopic (exact) mass is 184 g/mol. The summed E-state index contributed by atoms with van der Waals surface area (Å²) < 4.78 is 0. The third-order valence-electron chi connectivity index (χ3n) is 1.54. The van der Waals surface area contributed by atoms with E-state index in [9.17, 15) is 4.79 Å². The average molecular weight is 184 g/mol. The Morgan fingerprint density at radius 1 is 1.58 bits per heavy atom. The van der Waals surface area contributed by atoms with E-state index in [0.717, 1.165) is 10.7 Å². The van der Waals surface area contributed by atoms with Crippen molar-refractivity contribution in [2.24, 2.45) is 5.73 Å². The topological polar surface area (TPSA) is 56.0 Å². The second-order valence-electron chi connectivity index (χ2n) is 2.80. The number of thiazole rings is 1. The van der Waals surface area contributed by atoms with Crippen LogP contribution >= 0.6 is 11.3 Å². The molecular weight excluding hydrogens is 172 g/mol. The minimum Gasteiger partial charge on any atom is -0.321 e. The third kappa shape index (κ3) is 1.70. The van der Waals surface area contributed by atoms with E-state index in [2.05, 4.69) is 4.98 Å². The van der Waals surface area contributed by atoms with E-state index in [0.29, 0.717) is 4.88 Å². The molecule has 4 heteroatoms. The molecule has 0 aliphatic carbocycles. The number of nitrogens with zero attached hydrogens (tertiary/aromatic N) is 1. The van der Waals surface area contributed by atoms with E-state index in [1.54, 1.807) is 6.92 Å². The highest BCUT2D eigenvalue weighted by molar-refractivity contribution is 7.13. The molecule has 0 aromatic carbocycles. The number of aromatic nitrogens is 1. The van der Waals surface area contributed by atoms with Gasteiger partial charge in [0.15, 0.2) is 5.78 Å². The van der Waals surface area contributed by atoms with Gasteiger partial charge in [0.2, 0.25) is 0 Å². The van der Waals surface area contributed by atoms with Gasteiger partial charge in [0.1, 0.15) is 0 Å². The Morgan fingerprint density at radius 3 is 2.50 bits per heavy atom. The van der Waals surface area contributed by atoms with Gasteiger partial charge in [-0.15, -0.1) is 11.3 Å². The van der Waals surface area contributed by atoms with Crippen LogP contribution in [0.25, 0.3) is 0 Å². The number of carbonyl (C=O) groups is 1. The predicted octanol–water partition coefficient (Wildman–Crippen LogP) is 1.29. The number of hydrogen-bond donors (Lipinski definition) is 1. The van der Waals surface area contributed by atoms with E-state index >= 15 is 0 Å². The van der Waals surface area contributed by atoms with Crippen molar-refractivity contribution in [2.75, 3.05) is 0 Å². The van der Waals surface area contributed by atoms with Crippen molar-refractivity contribution in [3.05, 3.63) is 15.6 Å². The number of hydrogen-bond acceptors (Lipinski definition) is 4. The number of ketones is 1. The molecule has 12 heavy (non-hydrogen) atoms. The minimum atomic E-state index is -0.427. The smallest absolute Gasteiger partial charge is 0.191 e. The molecule has 1 unspecified atom stereocenters. The maximum atomic E-state index is 11.4. The lowest BCUT2D eigenvalue weighted by atomic mass is 10.2. The molecule has 0 aliphatic heterocycles. The molecule has 0 bridgehead atoms. The van der Waals surface area contributed by atoms with Gasteiger partial charge in [-0.2, -0.15) is 0 Å². The molecule has 0 spiro atoms. The standard InChI is InChI=1S/C8H12N2OS/c1-4(9)7(11)8-5(2)10-6(3)12-8/h4H,9H2,1-3H3. The first-order valence-corrected chi connectivity index (χ1v) is 4.58. The summed E-state index contributed by atoms with van der Waals surface area (Å²) >= 11 is 1.41. The zero-order valence-corrected chi connectivity index (χ0v) is 8.23. The molecule has 3 nitrogen and oxygen atoms in total. The van der Waals surface area contributed by atoms with Gasteiger partial charge in [-0.3, -0.25) is 4.79 Å². The first kappa shape index (κ1) is 9.35. The van der Waals surface area contributed by atoms with Crippen LogP contribution in [0.3, 0.4) is 0 Å². The lowest BCUT2D eigenvalue weighted by Crippen LogP contribution is -2.26. The Bertz CT molecular complexity index is 304. The zero-order chi connectivity index (χ0) is 9.30. The van der Waals surface area contributed by atoms with E-state index in [1.807, 2.05) is 13.8 Å². The Balaban J connectivity index is 3.02. The summed E-state index contributed by atoms with van der Waals surface area (Å²) in [7, 11) is 0. The van der Waals surface area contributed by atoms with Crippen molar-refractivity contribution in [2.45, 2.75) is 26.8 Å². The normalized spacial score (nSPS) is 13.0. The molecule has 0 fully saturated rings. The first-order valence-electron chi connectivity index (χ1n) is 3.76. The Hall–Kier alpha value is -0.740. The summed E-state index contributed by atoms with van der Waals surface area (Å²) in [5.74, 6) is -0.0156. The van der Waals surface area contributed by atoms with Gasteiger partial charge in [-0.1, -0.05) is 0 Å². The summed E-state index contributed by atoms with van der Waals surface area (Å²) in [6, 6.07) is -0.427. The van der Waals surface area contributed by atoms with Crippen LogP contribution in [0.15, 0.2) is 0 Å². The predicted molar refractivity (Wildman–Crippen MR) is 49.6 cm³/mol. The van der Waals surface area contributed by atoms with Crippen LogP contribution in [-0.2, 0) is 0 Å². The fourth-order valence-electron chi connectivity index (χ4n) is 0.967. The Morgan fingerprint density at radius 2 is 2.17 bits per heavy atom. The summed E-state index contributed by atoms with van der Waals surface area (Å²) in [4.78, 5) is 16.3. The number of rotatable bonds is 2. The van der Waals surface area contributed by atoms with E-state index in [4.69, 9.17) is 5.73 Å². The van der Waals surface area contributed by atoms with Crippen molar-refractivity contribution >= 4 is 17.1 Å². The Kier molecular flexibility index (Phi) is 2.59. The molecule has 0 radical (unpaired) electrons. The maximum absolute atomic E-state index is 11.4. The lowest BCUT2D eigenvalue weighted by molar-refractivity contribution is 0.0971.